The summed E-state index contributed by atoms with van der Waals surface area (Å²) >= 11 is 0. The second kappa shape index (κ2) is 7.29. The van der Waals surface area contributed by atoms with E-state index in [1.807, 2.05) is 0 Å². The highest BCUT2D eigenvalue weighted by atomic mass is 16.7. The van der Waals surface area contributed by atoms with Gasteiger partial charge in [-0.2, -0.15) is 0 Å². The summed E-state index contributed by atoms with van der Waals surface area (Å²) in [4.78, 5) is 4.45. The van der Waals surface area contributed by atoms with Gasteiger partial charge >= 0.3 is 14.5 Å². The summed E-state index contributed by atoms with van der Waals surface area (Å²) in [6.07, 6.45) is 0. The first-order valence-corrected chi connectivity index (χ1v) is 10.2. The number of hydrogen-bond donors (Lipinski definition) is 0. The van der Waals surface area contributed by atoms with Crippen LogP contribution in [-0.4, -0.2) is 65.3 Å². The Kier molecular flexibility index (Phi) is 6.26. The maximum absolute atomic E-state index is 6.31. The molecule has 0 spiro atoms. The van der Waals surface area contributed by atoms with E-state index in [1.54, 1.807) is 0 Å². The molecule has 0 atom stereocenters. The van der Waals surface area contributed by atoms with E-state index in [-0.39, 0.29) is 34.5 Å². The molecule has 6 nitrogen and oxygen atoms in total. The lowest BCUT2D eigenvalue weighted by molar-refractivity contribution is 0.00578. The normalized spacial score (nSPS) is 26.2. The Balaban J connectivity index is 2.21. The molecule has 2 fully saturated rings. The highest BCUT2D eigenvalue weighted by Gasteiger charge is 2.57. The molecule has 2 rings (SSSR count). The predicted molar refractivity (Wildman–Crippen MR) is 111 cm³/mol. The van der Waals surface area contributed by atoms with Gasteiger partial charge in [-0.25, -0.2) is 0 Å². The third-order valence-electron chi connectivity index (χ3n) is 6.68. The highest BCUT2D eigenvalue weighted by molar-refractivity contribution is 6.44. The number of hydrogen-bond acceptors (Lipinski definition) is 6. The van der Waals surface area contributed by atoms with Crippen LogP contribution >= 0.6 is 0 Å². The summed E-state index contributed by atoms with van der Waals surface area (Å²) in [5.41, 5.74) is -1.45. The van der Waals surface area contributed by atoms with Crippen molar-refractivity contribution in [1.82, 2.24) is 9.62 Å². The van der Waals surface area contributed by atoms with E-state index in [9.17, 15) is 0 Å². The van der Waals surface area contributed by atoms with E-state index >= 15 is 0 Å². The highest BCUT2D eigenvalue weighted by Crippen LogP contribution is 2.40. The smallest absolute Gasteiger partial charge is 0.389 e. The van der Waals surface area contributed by atoms with Crippen LogP contribution in [0.5, 0.6) is 0 Å². The number of rotatable bonds is 6. The summed E-state index contributed by atoms with van der Waals surface area (Å²) in [6.45, 7) is 25.9. The monoisotopic (exact) mass is 382 g/mol. The second-order valence-electron chi connectivity index (χ2n) is 10.5. The summed E-state index contributed by atoms with van der Waals surface area (Å²) in [6, 6.07) is 0.478. The van der Waals surface area contributed by atoms with Crippen molar-refractivity contribution in [1.29, 1.82) is 0 Å². The molecule has 2 saturated heterocycles. The van der Waals surface area contributed by atoms with Crippen molar-refractivity contribution in [2.75, 3.05) is 6.67 Å². The average molecular weight is 382 g/mol. The van der Waals surface area contributed by atoms with Gasteiger partial charge in [0.05, 0.1) is 22.4 Å². The minimum atomic E-state index is -0.404. The quantitative estimate of drug-likeness (QED) is 0.517. The van der Waals surface area contributed by atoms with Gasteiger partial charge in [0.25, 0.3) is 0 Å². The van der Waals surface area contributed by atoms with E-state index in [0.29, 0.717) is 6.67 Å². The molecule has 8 heteroatoms. The molecule has 0 aromatic carbocycles. The molecule has 0 aliphatic carbocycles. The standard InChI is InChI=1S/C19H40B2N2O4/c1-14(2)22(20-24-16(5,6)17(7,8)25-20)13-23(15(3)4)21-26-18(9,10)19(11,12)27-21/h14-15H,13H2,1-12H3. The molecular formula is C19H40B2N2O4. The fraction of sp³-hybridized carbons (Fsp3) is 1.00. The zero-order chi connectivity index (χ0) is 21.0. The van der Waals surface area contributed by atoms with Crippen molar-refractivity contribution in [3.05, 3.63) is 0 Å². The summed E-state index contributed by atoms with van der Waals surface area (Å²) in [7, 11) is -0.808. The van der Waals surface area contributed by atoms with E-state index in [1.165, 1.54) is 0 Å². The molecule has 0 saturated carbocycles. The molecule has 2 aliphatic heterocycles. The first-order valence-electron chi connectivity index (χ1n) is 10.2. The third-order valence-corrected chi connectivity index (χ3v) is 6.68. The predicted octanol–water partition coefficient (Wildman–Crippen LogP) is 3.54. The molecule has 156 valence electrons. The van der Waals surface area contributed by atoms with Gasteiger partial charge in [0, 0.05) is 6.67 Å². The van der Waals surface area contributed by atoms with Crippen LogP contribution in [0.15, 0.2) is 0 Å². The van der Waals surface area contributed by atoms with Crippen LogP contribution < -0.4 is 0 Å². The Morgan fingerprint density at radius 1 is 0.556 bits per heavy atom. The largest absolute Gasteiger partial charge is 0.559 e. The van der Waals surface area contributed by atoms with Crippen molar-refractivity contribution >= 4 is 14.5 Å². The van der Waals surface area contributed by atoms with Crippen molar-refractivity contribution in [3.63, 3.8) is 0 Å². The molecule has 2 aliphatic rings. The number of nitrogens with zero attached hydrogens (tertiary/aromatic N) is 2. The van der Waals surface area contributed by atoms with Gasteiger partial charge in [0.2, 0.25) is 0 Å². The summed E-state index contributed by atoms with van der Waals surface area (Å²) in [5.74, 6) is 0. The lowest BCUT2D eigenvalue weighted by Gasteiger charge is -2.37. The molecule has 0 N–H and O–H groups in total. The van der Waals surface area contributed by atoms with Crippen LogP contribution in [0.4, 0.5) is 0 Å². The molecule has 0 unspecified atom stereocenters. The van der Waals surface area contributed by atoms with Crippen molar-refractivity contribution < 1.29 is 18.6 Å². The third kappa shape index (κ3) is 4.41. The van der Waals surface area contributed by atoms with Gasteiger partial charge in [-0.05, 0) is 67.5 Å². The maximum Gasteiger partial charge on any atom is 0.559 e. The molecule has 0 bridgehead atoms. The lowest BCUT2D eigenvalue weighted by Crippen LogP contribution is -2.57. The first-order chi connectivity index (χ1) is 12.0. The second-order valence-corrected chi connectivity index (χ2v) is 10.5. The van der Waals surface area contributed by atoms with Gasteiger partial charge in [-0.15, -0.1) is 0 Å². The average Bonchev–Trinajstić information content (AvgIpc) is 2.77. The van der Waals surface area contributed by atoms with Crippen molar-refractivity contribution in [2.24, 2.45) is 0 Å². The Morgan fingerprint density at radius 3 is 0.963 bits per heavy atom. The van der Waals surface area contributed by atoms with Crippen LogP contribution in [-0.2, 0) is 18.6 Å². The molecule has 2 heterocycles. The fourth-order valence-corrected chi connectivity index (χ4v) is 3.03. The molecule has 27 heavy (non-hydrogen) atoms. The maximum atomic E-state index is 6.31. The van der Waals surface area contributed by atoms with E-state index in [4.69, 9.17) is 18.6 Å². The van der Waals surface area contributed by atoms with E-state index in [2.05, 4.69) is 92.7 Å². The van der Waals surface area contributed by atoms with Crippen LogP contribution in [0.1, 0.15) is 83.1 Å². The van der Waals surface area contributed by atoms with Crippen LogP contribution in [0, 0.1) is 0 Å². The van der Waals surface area contributed by atoms with E-state index < -0.39 is 14.5 Å². The Bertz CT molecular complexity index is 460. The van der Waals surface area contributed by atoms with Gasteiger partial charge in [0.15, 0.2) is 0 Å². The van der Waals surface area contributed by atoms with Crippen molar-refractivity contribution in [3.8, 4) is 0 Å². The Morgan fingerprint density at radius 2 is 0.778 bits per heavy atom. The zero-order valence-electron chi connectivity index (χ0n) is 19.5. The summed E-state index contributed by atoms with van der Waals surface area (Å²) in [5, 5.41) is 0. The topological polar surface area (TPSA) is 43.4 Å². The summed E-state index contributed by atoms with van der Waals surface area (Å²) < 4.78 is 25.2. The fourth-order valence-electron chi connectivity index (χ4n) is 3.03. The van der Waals surface area contributed by atoms with Crippen molar-refractivity contribution in [2.45, 2.75) is 118 Å². The van der Waals surface area contributed by atoms with Gasteiger partial charge in [0.1, 0.15) is 0 Å². The molecule has 0 aromatic rings. The molecule has 0 amide bonds. The minimum Gasteiger partial charge on any atom is -0.389 e. The molecule has 0 aromatic heterocycles. The van der Waals surface area contributed by atoms with Crippen LogP contribution in [0.2, 0.25) is 0 Å². The van der Waals surface area contributed by atoms with Gasteiger partial charge < -0.3 is 18.6 Å². The van der Waals surface area contributed by atoms with E-state index in [0.717, 1.165) is 0 Å². The van der Waals surface area contributed by atoms with Crippen LogP contribution in [0.3, 0.4) is 0 Å². The van der Waals surface area contributed by atoms with Crippen LogP contribution in [0.25, 0.3) is 0 Å². The lowest BCUT2D eigenvalue weighted by atomic mass is 9.90. The zero-order valence-corrected chi connectivity index (χ0v) is 19.5. The minimum absolute atomic E-state index is 0.239. The molecule has 0 radical (unpaired) electrons. The Hall–Kier alpha value is -0.110. The molecular weight excluding hydrogens is 342 g/mol. The Labute approximate surface area is 167 Å². The van der Waals surface area contributed by atoms with Gasteiger partial charge in [-0.1, -0.05) is 27.7 Å². The van der Waals surface area contributed by atoms with Gasteiger partial charge in [-0.3, -0.25) is 9.62 Å². The SMILES string of the molecule is CC(C)N(CN(B1OC(C)(C)C(C)(C)O1)C(C)C)B1OC(C)(C)C(C)(C)O1. The first kappa shape index (κ1) is 23.2.